The van der Waals surface area contributed by atoms with Gasteiger partial charge in [0.1, 0.15) is 0 Å². The number of carboxylic acids is 1. The van der Waals surface area contributed by atoms with Gasteiger partial charge in [-0.1, -0.05) is 0 Å². The summed E-state index contributed by atoms with van der Waals surface area (Å²) in [5.41, 5.74) is 3.40. The van der Waals surface area contributed by atoms with Crippen molar-refractivity contribution in [2.24, 2.45) is 0 Å². The van der Waals surface area contributed by atoms with E-state index >= 15 is 0 Å². The average molecular weight is 355 g/mol. The molecule has 0 bridgehead atoms. The predicted octanol–water partition coefficient (Wildman–Crippen LogP) is 2.91. The predicted molar refractivity (Wildman–Crippen MR) is 96.1 cm³/mol. The number of hydrogen-bond acceptors (Lipinski definition) is 4. The summed E-state index contributed by atoms with van der Waals surface area (Å²) in [7, 11) is 3.18. The topological polar surface area (TPSA) is 76.1 Å². The second kappa shape index (κ2) is 7.07. The summed E-state index contributed by atoms with van der Waals surface area (Å²) in [5, 5.41) is 9.21. The van der Waals surface area contributed by atoms with Crippen LogP contribution in [0.15, 0.2) is 30.3 Å². The third kappa shape index (κ3) is 3.35. The first kappa shape index (κ1) is 17.8. The van der Waals surface area contributed by atoms with Gasteiger partial charge in [0.25, 0.3) is 5.91 Å². The zero-order valence-electron chi connectivity index (χ0n) is 15.0. The van der Waals surface area contributed by atoms with E-state index in [-0.39, 0.29) is 11.5 Å². The van der Waals surface area contributed by atoms with Crippen molar-refractivity contribution in [1.29, 1.82) is 0 Å². The lowest BCUT2D eigenvalue weighted by atomic mass is 9.97. The SMILES string of the molecule is COc1cc2c(cc1OC)CN(C(=O)c1cc(C)cc(C(=O)O)c1)CC2. The highest BCUT2D eigenvalue weighted by Gasteiger charge is 2.24. The first-order valence-corrected chi connectivity index (χ1v) is 8.31. The molecule has 0 spiro atoms. The van der Waals surface area contributed by atoms with Gasteiger partial charge < -0.3 is 19.5 Å². The summed E-state index contributed by atoms with van der Waals surface area (Å²) >= 11 is 0. The fourth-order valence-electron chi connectivity index (χ4n) is 3.27. The molecular weight excluding hydrogens is 334 g/mol. The van der Waals surface area contributed by atoms with Crippen molar-refractivity contribution in [3.05, 3.63) is 58.1 Å². The third-order valence-electron chi connectivity index (χ3n) is 4.58. The van der Waals surface area contributed by atoms with Crippen molar-refractivity contribution in [1.82, 2.24) is 4.90 Å². The van der Waals surface area contributed by atoms with Gasteiger partial charge in [0, 0.05) is 18.7 Å². The third-order valence-corrected chi connectivity index (χ3v) is 4.58. The molecule has 136 valence electrons. The van der Waals surface area contributed by atoms with Crippen LogP contribution in [0.1, 0.15) is 37.4 Å². The van der Waals surface area contributed by atoms with Crippen LogP contribution in [0.3, 0.4) is 0 Å². The average Bonchev–Trinajstić information content (AvgIpc) is 2.65. The van der Waals surface area contributed by atoms with E-state index in [9.17, 15) is 14.7 Å². The summed E-state index contributed by atoms with van der Waals surface area (Å²) in [6, 6.07) is 8.56. The number of aromatic carboxylic acids is 1. The van der Waals surface area contributed by atoms with Crippen LogP contribution in [-0.4, -0.2) is 42.6 Å². The van der Waals surface area contributed by atoms with Crippen LogP contribution in [0.5, 0.6) is 11.5 Å². The number of carbonyl (C=O) groups is 2. The van der Waals surface area contributed by atoms with Gasteiger partial charge in [-0.2, -0.15) is 0 Å². The van der Waals surface area contributed by atoms with Crippen LogP contribution in [0.4, 0.5) is 0 Å². The van der Waals surface area contributed by atoms with Crippen LogP contribution in [0.25, 0.3) is 0 Å². The maximum Gasteiger partial charge on any atom is 0.335 e. The first-order valence-electron chi connectivity index (χ1n) is 8.31. The summed E-state index contributed by atoms with van der Waals surface area (Å²) in [6.45, 7) is 2.80. The molecule has 6 heteroatoms. The fraction of sp³-hybridized carbons (Fsp3) is 0.300. The lowest BCUT2D eigenvalue weighted by molar-refractivity contribution is 0.0696. The standard InChI is InChI=1S/C20H21NO5/c1-12-6-14(8-15(7-12)20(23)24)19(22)21-5-4-13-9-17(25-2)18(26-3)10-16(13)11-21/h6-10H,4-5,11H2,1-3H3,(H,23,24). The number of hydrogen-bond donors (Lipinski definition) is 1. The molecule has 0 aromatic heterocycles. The highest BCUT2D eigenvalue weighted by molar-refractivity contribution is 5.98. The second-order valence-electron chi connectivity index (χ2n) is 6.35. The number of nitrogens with zero attached hydrogens (tertiary/aromatic N) is 1. The molecule has 2 aromatic carbocycles. The Hall–Kier alpha value is -3.02. The number of carbonyl (C=O) groups excluding carboxylic acids is 1. The number of fused-ring (bicyclic) bond motifs is 1. The van der Waals surface area contributed by atoms with Gasteiger partial charge in [-0.05, 0) is 60.4 Å². The summed E-state index contributed by atoms with van der Waals surface area (Å²) in [6.07, 6.45) is 0.707. The molecular formula is C20H21NO5. The molecule has 6 nitrogen and oxygen atoms in total. The van der Waals surface area contributed by atoms with Crippen molar-refractivity contribution in [2.75, 3.05) is 20.8 Å². The van der Waals surface area contributed by atoms with E-state index < -0.39 is 5.97 Å². The van der Waals surface area contributed by atoms with Gasteiger partial charge in [-0.25, -0.2) is 4.79 Å². The minimum atomic E-state index is -1.04. The molecule has 1 heterocycles. The van der Waals surface area contributed by atoms with Gasteiger partial charge in [0.15, 0.2) is 11.5 Å². The molecule has 0 fully saturated rings. The van der Waals surface area contributed by atoms with Crippen LogP contribution in [0, 0.1) is 6.92 Å². The Bertz CT molecular complexity index is 875. The summed E-state index contributed by atoms with van der Waals surface area (Å²) in [4.78, 5) is 25.9. The van der Waals surface area contributed by atoms with E-state index in [4.69, 9.17) is 9.47 Å². The number of methoxy groups -OCH3 is 2. The van der Waals surface area contributed by atoms with Gasteiger partial charge in [-0.3, -0.25) is 4.79 Å². The molecule has 0 saturated carbocycles. The van der Waals surface area contributed by atoms with E-state index in [1.807, 2.05) is 12.1 Å². The summed E-state index contributed by atoms with van der Waals surface area (Å²) < 4.78 is 10.7. The van der Waals surface area contributed by atoms with Crippen LogP contribution in [-0.2, 0) is 13.0 Å². The smallest absolute Gasteiger partial charge is 0.335 e. The molecule has 0 unspecified atom stereocenters. The normalized spacial score (nSPS) is 13.1. The molecule has 0 atom stereocenters. The zero-order valence-corrected chi connectivity index (χ0v) is 15.0. The number of benzene rings is 2. The Morgan fingerprint density at radius 1 is 0.962 bits per heavy atom. The summed E-state index contributed by atoms with van der Waals surface area (Å²) in [5.74, 6) is 0.0975. The number of carboxylic acid groups (broad SMARTS) is 1. The minimum absolute atomic E-state index is 0.122. The molecule has 0 saturated heterocycles. The maximum absolute atomic E-state index is 12.9. The van der Waals surface area contributed by atoms with Crippen molar-refractivity contribution in [3.63, 3.8) is 0 Å². The van der Waals surface area contributed by atoms with Gasteiger partial charge in [0.05, 0.1) is 19.8 Å². The maximum atomic E-state index is 12.9. The van der Waals surface area contributed by atoms with Gasteiger partial charge >= 0.3 is 5.97 Å². The molecule has 0 aliphatic carbocycles. The molecule has 1 aliphatic rings. The fourth-order valence-corrected chi connectivity index (χ4v) is 3.27. The van der Waals surface area contributed by atoms with Gasteiger partial charge in [0.2, 0.25) is 0 Å². The Kier molecular flexibility index (Phi) is 4.84. The number of aryl methyl sites for hydroxylation is 1. The Labute approximate surface area is 152 Å². The number of amides is 1. The Morgan fingerprint density at radius 3 is 2.19 bits per heavy atom. The molecule has 0 radical (unpaired) electrons. The van der Waals surface area contributed by atoms with E-state index in [0.29, 0.717) is 36.6 Å². The first-order chi connectivity index (χ1) is 12.4. The van der Waals surface area contributed by atoms with Crippen molar-refractivity contribution < 1.29 is 24.2 Å². The zero-order chi connectivity index (χ0) is 18.8. The quantitative estimate of drug-likeness (QED) is 0.913. The highest BCUT2D eigenvalue weighted by Crippen LogP contribution is 2.33. The van der Waals surface area contributed by atoms with Crippen LogP contribution >= 0.6 is 0 Å². The van der Waals surface area contributed by atoms with E-state index in [0.717, 1.165) is 16.7 Å². The Morgan fingerprint density at radius 2 is 1.58 bits per heavy atom. The minimum Gasteiger partial charge on any atom is -0.493 e. The molecule has 2 aromatic rings. The number of rotatable bonds is 4. The second-order valence-corrected chi connectivity index (χ2v) is 6.35. The lowest BCUT2D eigenvalue weighted by Gasteiger charge is -2.30. The molecule has 3 rings (SSSR count). The van der Waals surface area contributed by atoms with Crippen LogP contribution < -0.4 is 9.47 Å². The number of ether oxygens (including phenoxy) is 2. The van der Waals surface area contributed by atoms with Crippen LogP contribution in [0.2, 0.25) is 0 Å². The molecule has 1 aliphatic heterocycles. The van der Waals surface area contributed by atoms with Crippen molar-refractivity contribution in [3.8, 4) is 11.5 Å². The molecule has 26 heavy (non-hydrogen) atoms. The van der Waals surface area contributed by atoms with E-state index in [1.165, 1.54) is 6.07 Å². The van der Waals surface area contributed by atoms with E-state index in [2.05, 4.69) is 0 Å². The lowest BCUT2D eigenvalue weighted by Crippen LogP contribution is -2.36. The monoisotopic (exact) mass is 355 g/mol. The highest BCUT2D eigenvalue weighted by atomic mass is 16.5. The van der Waals surface area contributed by atoms with Gasteiger partial charge in [-0.15, -0.1) is 0 Å². The van der Waals surface area contributed by atoms with E-state index in [1.54, 1.807) is 38.2 Å². The largest absolute Gasteiger partial charge is 0.493 e. The Balaban J connectivity index is 1.89. The van der Waals surface area contributed by atoms with Crippen molar-refractivity contribution in [2.45, 2.75) is 19.9 Å². The van der Waals surface area contributed by atoms with Crippen molar-refractivity contribution >= 4 is 11.9 Å². The molecule has 1 N–H and O–H groups in total. The molecule has 1 amide bonds.